The summed E-state index contributed by atoms with van der Waals surface area (Å²) >= 11 is 0. The number of guanidine groups is 2. The maximum Gasteiger partial charge on any atom is 0.225 e. The molecular formula is C15H18N6. The third-order valence-corrected chi connectivity index (χ3v) is 2.76. The van der Waals surface area contributed by atoms with E-state index in [1.54, 1.807) is 18.3 Å². The Hall–Kier alpha value is -2.89. The van der Waals surface area contributed by atoms with Gasteiger partial charge in [0.15, 0.2) is 5.82 Å². The Morgan fingerprint density at radius 2 is 1.95 bits per heavy atom. The van der Waals surface area contributed by atoms with Crippen LogP contribution in [-0.2, 0) is 0 Å². The average molecular weight is 282 g/mol. The van der Waals surface area contributed by atoms with Crippen LogP contribution < -0.4 is 16.8 Å². The van der Waals surface area contributed by atoms with Gasteiger partial charge in [-0.3, -0.25) is 0 Å². The van der Waals surface area contributed by atoms with Crippen molar-refractivity contribution in [2.75, 3.05) is 5.32 Å². The van der Waals surface area contributed by atoms with Crippen molar-refractivity contribution in [1.82, 2.24) is 4.98 Å². The summed E-state index contributed by atoms with van der Waals surface area (Å²) in [6.45, 7) is 4.03. The molecule has 0 spiro atoms. The third-order valence-electron chi connectivity index (χ3n) is 2.76. The van der Waals surface area contributed by atoms with E-state index in [1.807, 2.05) is 32.0 Å². The molecule has 6 nitrogen and oxygen atoms in total. The van der Waals surface area contributed by atoms with E-state index in [1.165, 1.54) is 5.56 Å². The van der Waals surface area contributed by atoms with E-state index in [4.69, 9.17) is 11.5 Å². The minimum absolute atomic E-state index is 0.0449. The lowest BCUT2D eigenvalue weighted by Crippen LogP contribution is -2.26. The molecule has 0 saturated heterocycles. The van der Waals surface area contributed by atoms with Gasteiger partial charge in [-0.1, -0.05) is 23.8 Å². The molecule has 2 rings (SSSR count). The minimum atomic E-state index is 0.0449. The van der Waals surface area contributed by atoms with Crippen molar-refractivity contribution in [3.8, 4) is 0 Å². The summed E-state index contributed by atoms with van der Waals surface area (Å²) in [7, 11) is 0. The lowest BCUT2D eigenvalue weighted by Gasteiger charge is -2.09. The van der Waals surface area contributed by atoms with Gasteiger partial charge in [0.25, 0.3) is 0 Å². The van der Waals surface area contributed by atoms with Gasteiger partial charge in [0.1, 0.15) is 0 Å². The zero-order valence-electron chi connectivity index (χ0n) is 12.0. The molecule has 0 aliphatic rings. The van der Waals surface area contributed by atoms with Crippen LogP contribution >= 0.6 is 0 Å². The van der Waals surface area contributed by atoms with E-state index in [-0.39, 0.29) is 11.9 Å². The molecule has 1 aromatic heterocycles. The summed E-state index contributed by atoms with van der Waals surface area (Å²) in [6.07, 6.45) is 1.63. The SMILES string of the molecule is Cc1ccc(NC(N)=NC(N)=Nc2ccccn2)c(C)c1. The lowest BCUT2D eigenvalue weighted by atomic mass is 10.1. The summed E-state index contributed by atoms with van der Waals surface area (Å²) in [5, 5.41) is 3.00. The number of pyridine rings is 1. The van der Waals surface area contributed by atoms with E-state index >= 15 is 0 Å². The van der Waals surface area contributed by atoms with Gasteiger partial charge >= 0.3 is 0 Å². The Morgan fingerprint density at radius 3 is 2.62 bits per heavy atom. The first kappa shape index (κ1) is 14.5. The predicted octanol–water partition coefficient (Wildman–Crippen LogP) is 2.07. The van der Waals surface area contributed by atoms with Gasteiger partial charge in [0.2, 0.25) is 11.9 Å². The van der Waals surface area contributed by atoms with Crippen molar-refractivity contribution in [1.29, 1.82) is 0 Å². The summed E-state index contributed by atoms with van der Waals surface area (Å²) in [4.78, 5) is 12.1. The second-order valence-corrected chi connectivity index (χ2v) is 4.60. The molecule has 1 heterocycles. The van der Waals surface area contributed by atoms with Gasteiger partial charge < -0.3 is 16.8 Å². The molecule has 0 aliphatic heterocycles. The van der Waals surface area contributed by atoms with Crippen LogP contribution in [0.5, 0.6) is 0 Å². The maximum absolute atomic E-state index is 5.82. The Bertz CT molecular complexity index is 676. The first-order chi connectivity index (χ1) is 10.0. The fraction of sp³-hybridized carbons (Fsp3) is 0.133. The standard InChI is InChI=1S/C15H18N6/c1-10-6-7-12(11(2)9-10)19-14(16)21-15(17)20-13-5-3-4-8-18-13/h3-9H,1-2H3,(H5,16,17,18,19,20,21). The molecule has 0 bridgehead atoms. The third kappa shape index (κ3) is 4.31. The number of nitrogens with zero attached hydrogens (tertiary/aromatic N) is 3. The van der Waals surface area contributed by atoms with Crippen LogP contribution in [0.25, 0.3) is 0 Å². The number of hydrogen-bond donors (Lipinski definition) is 3. The minimum Gasteiger partial charge on any atom is -0.369 e. The van der Waals surface area contributed by atoms with Crippen molar-refractivity contribution in [2.45, 2.75) is 13.8 Å². The highest BCUT2D eigenvalue weighted by Gasteiger charge is 2.01. The molecular weight excluding hydrogens is 264 g/mol. The summed E-state index contributed by atoms with van der Waals surface area (Å²) in [5.74, 6) is 0.709. The molecule has 0 radical (unpaired) electrons. The number of benzene rings is 1. The average Bonchev–Trinajstić information content (AvgIpc) is 2.43. The fourth-order valence-corrected chi connectivity index (χ4v) is 1.81. The number of hydrogen-bond acceptors (Lipinski definition) is 2. The molecule has 5 N–H and O–H groups in total. The number of anilines is 1. The first-order valence-electron chi connectivity index (χ1n) is 6.48. The maximum atomic E-state index is 5.82. The molecule has 0 atom stereocenters. The second-order valence-electron chi connectivity index (χ2n) is 4.60. The molecule has 0 fully saturated rings. The van der Waals surface area contributed by atoms with Crippen LogP contribution in [0.4, 0.5) is 11.5 Å². The molecule has 6 heteroatoms. The van der Waals surface area contributed by atoms with Crippen LogP contribution in [0.2, 0.25) is 0 Å². The monoisotopic (exact) mass is 282 g/mol. The van der Waals surface area contributed by atoms with E-state index in [2.05, 4.69) is 26.4 Å². The Morgan fingerprint density at radius 1 is 1.14 bits per heavy atom. The smallest absolute Gasteiger partial charge is 0.225 e. The number of rotatable bonds is 2. The number of aliphatic imine (C=N–C) groups is 2. The van der Waals surface area contributed by atoms with Crippen LogP contribution in [0.15, 0.2) is 52.6 Å². The normalized spacial score (nSPS) is 12.3. The van der Waals surface area contributed by atoms with Crippen LogP contribution in [0, 0.1) is 13.8 Å². The van der Waals surface area contributed by atoms with Crippen molar-refractivity contribution in [2.24, 2.45) is 21.5 Å². The molecule has 0 aliphatic carbocycles. The zero-order chi connectivity index (χ0) is 15.2. The lowest BCUT2D eigenvalue weighted by molar-refractivity contribution is 1.25. The molecule has 108 valence electrons. The van der Waals surface area contributed by atoms with Gasteiger partial charge in [-0.05, 0) is 37.6 Å². The van der Waals surface area contributed by atoms with Crippen molar-refractivity contribution in [3.05, 3.63) is 53.7 Å². The first-order valence-corrected chi connectivity index (χ1v) is 6.48. The molecule has 21 heavy (non-hydrogen) atoms. The van der Waals surface area contributed by atoms with E-state index in [0.717, 1.165) is 11.3 Å². The highest BCUT2D eigenvalue weighted by molar-refractivity contribution is 6.01. The fourth-order valence-electron chi connectivity index (χ4n) is 1.81. The highest BCUT2D eigenvalue weighted by Crippen LogP contribution is 2.15. The van der Waals surface area contributed by atoms with E-state index in [9.17, 15) is 0 Å². The molecule has 1 aromatic carbocycles. The summed E-state index contributed by atoms with van der Waals surface area (Å²) in [6, 6.07) is 11.3. The van der Waals surface area contributed by atoms with Crippen molar-refractivity contribution in [3.63, 3.8) is 0 Å². The van der Waals surface area contributed by atoms with Crippen LogP contribution in [0.1, 0.15) is 11.1 Å². The van der Waals surface area contributed by atoms with E-state index < -0.39 is 0 Å². The van der Waals surface area contributed by atoms with Gasteiger partial charge in [-0.25, -0.2) is 4.98 Å². The number of aromatic nitrogens is 1. The molecule has 0 unspecified atom stereocenters. The van der Waals surface area contributed by atoms with Crippen LogP contribution in [0.3, 0.4) is 0 Å². The van der Waals surface area contributed by atoms with Gasteiger partial charge in [0, 0.05) is 11.9 Å². The Balaban J connectivity index is 2.12. The quantitative estimate of drug-likeness (QED) is 0.579. The molecule has 2 aromatic rings. The topological polar surface area (TPSA) is 102 Å². The summed E-state index contributed by atoms with van der Waals surface area (Å²) in [5.41, 5.74) is 14.7. The number of aryl methyl sites for hydroxylation is 2. The molecule has 0 saturated carbocycles. The number of nitrogens with two attached hydrogens (primary N) is 2. The van der Waals surface area contributed by atoms with Crippen LogP contribution in [-0.4, -0.2) is 16.9 Å². The van der Waals surface area contributed by atoms with Gasteiger partial charge in [-0.2, -0.15) is 9.98 Å². The van der Waals surface area contributed by atoms with E-state index in [0.29, 0.717) is 5.82 Å². The predicted molar refractivity (Wildman–Crippen MR) is 86.7 cm³/mol. The Kier molecular flexibility index (Phi) is 4.50. The summed E-state index contributed by atoms with van der Waals surface area (Å²) < 4.78 is 0. The highest BCUT2D eigenvalue weighted by atomic mass is 15.2. The number of nitrogens with one attached hydrogen (secondary N) is 1. The van der Waals surface area contributed by atoms with Crippen molar-refractivity contribution < 1.29 is 0 Å². The Labute approximate surface area is 123 Å². The second kappa shape index (κ2) is 6.51. The van der Waals surface area contributed by atoms with Crippen molar-refractivity contribution >= 4 is 23.4 Å². The largest absolute Gasteiger partial charge is 0.369 e. The van der Waals surface area contributed by atoms with Gasteiger partial charge in [0.05, 0.1) is 0 Å². The zero-order valence-corrected chi connectivity index (χ0v) is 12.0. The van der Waals surface area contributed by atoms with Gasteiger partial charge in [-0.15, -0.1) is 0 Å². The molecule has 0 amide bonds.